The molecule has 0 aliphatic heterocycles. The van der Waals surface area contributed by atoms with Crippen LogP contribution in [0.2, 0.25) is 0 Å². The maximum atomic E-state index is 10.8. The van der Waals surface area contributed by atoms with Gasteiger partial charge in [-0.25, -0.2) is 0 Å². The number of benzene rings is 1. The van der Waals surface area contributed by atoms with Crippen molar-refractivity contribution in [3.63, 3.8) is 0 Å². The Morgan fingerprint density at radius 3 is 2.67 bits per heavy atom. The van der Waals surface area contributed by atoms with E-state index in [4.69, 9.17) is 16.9 Å². The predicted molar refractivity (Wildman–Crippen MR) is 58.5 cm³/mol. The van der Waals surface area contributed by atoms with Crippen molar-refractivity contribution in [3.05, 3.63) is 24.3 Å². The van der Waals surface area contributed by atoms with Crippen molar-refractivity contribution in [1.29, 1.82) is 0 Å². The highest BCUT2D eigenvalue weighted by molar-refractivity contribution is 6.03. The Kier molecular flexibility index (Phi) is 4.20. The normalized spacial score (nSPS) is 9.07. The van der Waals surface area contributed by atoms with Gasteiger partial charge in [0.1, 0.15) is 12.4 Å². The summed E-state index contributed by atoms with van der Waals surface area (Å²) in [6, 6.07) is 6.89. The van der Waals surface area contributed by atoms with Crippen LogP contribution in [0.5, 0.6) is 5.75 Å². The molecular weight excluding hydrogens is 192 g/mol. The van der Waals surface area contributed by atoms with Crippen molar-refractivity contribution in [3.8, 4) is 18.1 Å². The summed E-state index contributed by atoms with van der Waals surface area (Å²) in [5.41, 5.74) is 5.92. The Morgan fingerprint density at radius 1 is 1.47 bits per heavy atom. The van der Waals surface area contributed by atoms with Gasteiger partial charge in [-0.2, -0.15) is 0 Å². The summed E-state index contributed by atoms with van der Waals surface area (Å²) < 4.78 is 5.26. The van der Waals surface area contributed by atoms with E-state index in [9.17, 15) is 4.79 Å². The van der Waals surface area contributed by atoms with Gasteiger partial charge in [-0.05, 0) is 30.2 Å². The lowest BCUT2D eigenvalue weighted by molar-refractivity contribution is -0.111. The second-order valence-corrected chi connectivity index (χ2v) is 2.76. The van der Waals surface area contributed by atoms with Crippen LogP contribution in [0.4, 0.5) is 5.69 Å². The van der Waals surface area contributed by atoms with E-state index in [-0.39, 0.29) is 0 Å². The van der Waals surface area contributed by atoms with Gasteiger partial charge < -0.3 is 15.8 Å². The molecule has 0 atom stereocenters. The van der Waals surface area contributed by atoms with Crippen LogP contribution in [0.25, 0.3) is 0 Å². The number of amides is 1. The quantitative estimate of drug-likeness (QED) is 0.706. The Hall–Kier alpha value is -1.99. The van der Waals surface area contributed by atoms with E-state index in [1.807, 2.05) is 5.92 Å². The van der Waals surface area contributed by atoms with E-state index >= 15 is 0 Å². The van der Waals surface area contributed by atoms with Gasteiger partial charge in [-0.3, -0.25) is 4.79 Å². The minimum absolute atomic E-state index is 0.467. The Morgan fingerprint density at radius 2 is 2.13 bits per heavy atom. The van der Waals surface area contributed by atoms with E-state index in [0.29, 0.717) is 24.6 Å². The highest BCUT2D eigenvalue weighted by atomic mass is 16.5. The summed E-state index contributed by atoms with van der Waals surface area (Å²) >= 11 is 0. The van der Waals surface area contributed by atoms with E-state index < -0.39 is 5.91 Å². The van der Waals surface area contributed by atoms with Crippen LogP contribution in [-0.4, -0.2) is 19.1 Å². The largest absolute Gasteiger partial charge is 0.492 e. The molecule has 0 heterocycles. The lowest BCUT2D eigenvalue weighted by Gasteiger charge is -2.05. The van der Waals surface area contributed by atoms with Crippen molar-refractivity contribution >= 4 is 11.6 Å². The molecule has 0 fully saturated rings. The van der Waals surface area contributed by atoms with Crippen molar-refractivity contribution in [2.24, 2.45) is 5.73 Å². The Labute approximate surface area is 88.4 Å². The molecule has 1 rings (SSSR count). The zero-order valence-corrected chi connectivity index (χ0v) is 8.19. The summed E-state index contributed by atoms with van der Waals surface area (Å²) in [5, 5.41) is 2.52. The third kappa shape index (κ3) is 3.71. The maximum absolute atomic E-state index is 10.8. The second kappa shape index (κ2) is 5.68. The molecule has 4 heteroatoms. The van der Waals surface area contributed by atoms with Crippen LogP contribution in [0.3, 0.4) is 0 Å². The first-order valence-corrected chi connectivity index (χ1v) is 4.47. The number of hydrogen-bond donors (Lipinski definition) is 2. The van der Waals surface area contributed by atoms with Gasteiger partial charge >= 0.3 is 0 Å². The lowest BCUT2D eigenvalue weighted by atomic mass is 10.3. The van der Waals surface area contributed by atoms with Gasteiger partial charge in [-0.1, -0.05) is 0 Å². The predicted octanol–water partition coefficient (Wildman–Crippen LogP) is 0.596. The Balaban J connectivity index is 2.57. The van der Waals surface area contributed by atoms with Gasteiger partial charge in [0.15, 0.2) is 0 Å². The molecule has 3 N–H and O–H groups in total. The highest BCUT2D eigenvalue weighted by Gasteiger charge is 1.97. The second-order valence-electron chi connectivity index (χ2n) is 2.76. The smallest absolute Gasteiger partial charge is 0.300 e. The lowest BCUT2D eigenvalue weighted by Crippen LogP contribution is -2.11. The zero-order valence-electron chi connectivity index (χ0n) is 8.19. The number of terminal acetylenes is 1. The van der Waals surface area contributed by atoms with E-state index in [1.54, 1.807) is 24.3 Å². The molecule has 1 aromatic carbocycles. The summed E-state index contributed by atoms with van der Waals surface area (Å²) in [4.78, 5) is 10.8. The van der Waals surface area contributed by atoms with Crippen molar-refractivity contribution < 1.29 is 9.53 Å². The van der Waals surface area contributed by atoms with Crippen LogP contribution in [-0.2, 0) is 4.79 Å². The molecule has 15 heavy (non-hydrogen) atoms. The molecule has 0 spiro atoms. The van der Waals surface area contributed by atoms with E-state index in [2.05, 4.69) is 5.32 Å². The zero-order chi connectivity index (χ0) is 11.1. The van der Waals surface area contributed by atoms with Gasteiger partial charge in [0, 0.05) is 12.2 Å². The average molecular weight is 204 g/mol. The van der Waals surface area contributed by atoms with E-state index in [1.165, 1.54) is 0 Å². The number of hydrogen-bond acceptors (Lipinski definition) is 3. The SMILES string of the molecule is C#CC(=O)Nc1ccc(OCCN)cc1. The topological polar surface area (TPSA) is 64.3 Å². The summed E-state index contributed by atoms with van der Waals surface area (Å²) in [5.74, 6) is 2.21. The highest BCUT2D eigenvalue weighted by Crippen LogP contribution is 2.15. The summed E-state index contributed by atoms with van der Waals surface area (Å²) in [6.07, 6.45) is 4.91. The molecule has 0 aliphatic rings. The number of anilines is 1. The fourth-order valence-corrected chi connectivity index (χ4v) is 0.978. The minimum atomic E-state index is -0.467. The molecule has 4 nitrogen and oxygen atoms in total. The van der Waals surface area contributed by atoms with Gasteiger partial charge in [0.05, 0.1) is 0 Å². The number of ether oxygens (including phenoxy) is 1. The number of nitrogens with one attached hydrogen (secondary N) is 1. The fraction of sp³-hybridized carbons (Fsp3) is 0.182. The first kappa shape index (κ1) is 11.1. The average Bonchev–Trinajstić information content (AvgIpc) is 2.28. The number of carbonyl (C=O) groups excluding carboxylic acids is 1. The number of nitrogens with two attached hydrogens (primary N) is 1. The third-order valence-electron chi connectivity index (χ3n) is 1.63. The molecule has 0 aliphatic carbocycles. The van der Waals surface area contributed by atoms with Gasteiger partial charge in [0.25, 0.3) is 5.91 Å². The maximum Gasteiger partial charge on any atom is 0.300 e. The molecular formula is C11H12N2O2. The first-order valence-electron chi connectivity index (χ1n) is 4.47. The van der Waals surface area contributed by atoms with Crippen molar-refractivity contribution in [2.75, 3.05) is 18.5 Å². The van der Waals surface area contributed by atoms with Crippen LogP contribution in [0.15, 0.2) is 24.3 Å². The molecule has 0 unspecified atom stereocenters. The van der Waals surface area contributed by atoms with Gasteiger partial charge in [-0.15, -0.1) is 6.42 Å². The van der Waals surface area contributed by atoms with E-state index in [0.717, 1.165) is 0 Å². The van der Waals surface area contributed by atoms with Crippen LogP contribution in [0.1, 0.15) is 0 Å². The molecule has 1 amide bonds. The minimum Gasteiger partial charge on any atom is -0.492 e. The van der Waals surface area contributed by atoms with Crippen LogP contribution in [0, 0.1) is 12.3 Å². The number of rotatable bonds is 4. The van der Waals surface area contributed by atoms with Crippen molar-refractivity contribution in [1.82, 2.24) is 0 Å². The molecule has 0 aromatic heterocycles. The Bertz CT molecular complexity index is 365. The first-order chi connectivity index (χ1) is 7.26. The number of carbonyl (C=O) groups is 1. The summed E-state index contributed by atoms with van der Waals surface area (Å²) in [7, 11) is 0. The standard InChI is InChI=1S/C11H12N2O2/c1-2-11(14)13-9-3-5-10(6-4-9)15-8-7-12/h1,3-6H,7-8,12H2,(H,13,14). The molecule has 0 radical (unpaired) electrons. The molecule has 0 saturated heterocycles. The fourth-order valence-electron chi connectivity index (χ4n) is 0.978. The molecule has 78 valence electrons. The van der Waals surface area contributed by atoms with Crippen LogP contribution < -0.4 is 15.8 Å². The van der Waals surface area contributed by atoms with Crippen molar-refractivity contribution in [2.45, 2.75) is 0 Å². The van der Waals surface area contributed by atoms with Crippen LogP contribution >= 0.6 is 0 Å². The molecule has 0 saturated carbocycles. The monoisotopic (exact) mass is 204 g/mol. The third-order valence-corrected chi connectivity index (χ3v) is 1.63. The molecule has 1 aromatic rings. The van der Waals surface area contributed by atoms with Gasteiger partial charge in [0.2, 0.25) is 0 Å². The summed E-state index contributed by atoms with van der Waals surface area (Å²) in [6.45, 7) is 0.936. The molecule has 0 bridgehead atoms.